The minimum atomic E-state index is -0.346. The molecule has 1 N–H and O–H groups in total. The number of aromatic nitrogens is 2. The summed E-state index contributed by atoms with van der Waals surface area (Å²) >= 11 is 1.39. The molecule has 0 aliphatic rings. The van der Waals surface area contributed by atoms with Crippen molar-refractivity contribution in [1.82, 2.24) is 9.55 Å². The second kappa shape index (κ2) is 9.32. The number of carbonyl (C=O) groups excluding carboxylic acids is 1. The normalized spacial score (nSPS) is 11.7. The van der Waals surface area contributed by atoms with Crippen LogP contribution in [0.1, 0.15) is 13.8 Å². The average molecular weight is 398 g/mol. The van der Waals surface area contributed by atoms with Gasteiger partial charge in [0.15, 0.2) is 5.16 Å². The van der Waals surface area contributed by atoms with Crippen LogP contribution in [0.4, 0.5) is 5.69 Å². The molecule has 1 aromatic heterocycles. The molecule has 0 bridgehead atoms. The lowest BCUT2D eigenvalue weighted by molar-refractivity contribution is -0.115. The van der Waals surface area contributed by atoms with E-state index >= 15 is 0 Å². The van der Waals surface area contributed by atoms with Gasteiger partial charge < -0.3 is 14.8 Å². The van der Waals surface area contributed by atoms with Gasteiger partial charge >= 0.3 is 0 Å². The van der Waals surface area contributed by atoms with Crippen molar-refractivity contribution in [2.75, 3.05) is 19.0 Å². The maximum Gasteiger partial charge on any atom is 0.237 e. The molecule has 0 saturated carbocycles. The van der Waals surface area contributed by atoms with Crippen LogP contribution in [0.5, 0.6) is 11.5 Å². The summed E-state index contributed by atoms with van der Waals surface area (Å²) < 4.78 is 12.8. The van der Waals surface area contributed by atoms with E-state index in [2.05, 4.69) is 10.3 Å². The van der Waals surface area contributed by atoms with Crippen LogP contribution in [-0.2, 0) is 4.79 Å². The van der Waals surface area contributed by atoms with Crippen LogP contribution >= 0.6 is 11.8 Å². The number of ether oxygens (including phenoxy) is 2. The number of nitrogens with one attached hydrogen (secondary N) is 1. The highest BCUT2D eigenvalue weighted by Gasteiger charge is 2.19. The van der Waals surface area contributed by atoms with E-state index < -0.39 is 0 Å². The Morgan fingerprint density at radius 3 is 2.86 bits per heavy atom. The first kappa shape index (κ1) is 19.8. The molecular weight excluding hydrogens is 374 g/mol. The lowest BCUT2D eigenvalue weighted by atomic mass is 10.3. The van der Waals surface area contributed by atoms with Crippen molar-refractivity contribution in [3.05, 3.63) is 60.9 Å². The molecule has 3 aromatic rings. The van der Waals surface area contributed by atoms with Gasteiger partial charge in [0.2, 0.25) is 5.91 Å². The van der Waals surface area contributed by atoms with E-state index in [4.69, 9.17) is 9.47 Å². The van der Waals surface area contributed by atoms with Gasteiger partial charge in [-0.2, -0.15) is 0 Å². The van der Waals surface area contributed by atoms with E-state index in [1.54, 1.807) is 13.3 Å². The van der Waals surface area contributed by atoms with Crippen LogP contribution in [0.25, 0.3) is 5.69 Å². The van der Waals surface area contributed by atoms with E-state index in [9.17, 15) is 4.79 Å². The third kappa shape index (κ3) is 4.67. The molecule has 1 amide bonds. The first-order valence-electron chi connectivity index (χ1n) is 8.99. The number of nitrogens with zero attached hydrogens (tertiary/aromatic N) is 2. The van der Waals surface area contributed by atoms with Crippen molar-refractivity contribution in [3.8, 4) is 17.2 Å². The number of rotatable bonds is 8. The molecule has 0 radical (unpaired) electrons. The zero-order valence-corrected chi connectivity index (χ0v) is 16.9. The number of amides is 1. The number of methoxy groups -OCH3 is 1. The number of hydrogen-bond acceptors (Lipinski definition) is 5. The van der Waals surface area contributed by atoms with Crippen LogP contribution in [0.15, 0.2) is 66.1 Å². The molecule has 1 unspecified atom stereocenters. The largest absolute Gasteiger partial charge is 0.497 e. The topological polar surface area (TPSA) is 65.4 Å². The number of imidazole rings is 1. The standard InChI is InChI=1S/C21H23N3O3S/c1-4-27-19-11-6-5-10-18(19)23-20(25)15(2)28-21-22-12-13-24(21)16-8-7-9-17(14-16)26-3/h5-15H,4H2,1-3H3,(H,23,25). The number of anilines is 1. The summed E-state index contributed by atoms with van der Waals surface area (Å²) in [6, 6.07) is 15.1. The van der Waals surface area contributed by atoms with Crippen LogP contribution in [0.2, 0.25) is 0 Å². The number of benzene rings is 2. The molecule has 0 spiro atoms. The summed E-state index contributed by atoms with van der Waals surface area (Å²) in [5.41, 5.74) is 1.59. The van der Waals surface area contributed by atoms with Gasteiger partial charge in [-0.15, -0.1) is 0 Å². The highest BCUT2D eigenvalue weighted by atomic mass is 32.2. The Labute approximate surface area is 168 Å². The molecule has 0 saturated heterocycles. The summed E-state index contributed by atoms with van der Waals surface area (Å²) in [7, 11) is 1.63. The van der Waals surface area contributed by atoms with Gasteiger partial charge in [0, 0.05) is 18.5 Å². The van der Waals surface area contributed by atoms with Crippen molar-refractivity contribution in [2.24, 2.45) is 0 Å². The van der Waals surface area contributed by atoms with Crippen LogP contribution in [-0.4, -0.2) is 34.4 Å². The molecule has 1 atom stereocenters. The zero-order chi connectivity index (χ0) is 19.9. The Balaban J connectivity index is 1.73. The van der Waals surface area contributed by atoms with Gasteiger partial charge in [0.25, 0.3) is 0 Å². The van der Waals surface area contributed by atoms with Gasteiger partial charge in [-0.3, -0.25) is 9.36 Å². The number of para-hydroxylation sites is 2. The van der Waals surface area contributed by atoms with Crippen molar-refractivity contribution in [2.45, 2.75) is 24.3 Å². The maximum absolute atomic E-state index is 12.7. The molecule has 7 heteroatoms. The molecule has 0 aliphatic heterocycles. The fourth-order valence-corrected chi connectivity index (χ4v) is 3.51. The second-order valence-electron chi connectivity index (χ2n) is 5.96. The molecule has 0 fully saturated rings. The van der Waals surface area contributed by atoms with Gasteiger partial charge in [-0.1, -0.05) is 30.0 Å². The van der Waals surface area contributed by atoms with E-state index in [1.807, 2.05) is 73.1 Å². The lowest BCUT2D eigenvalue weighted by Crippen LogP contribution is -2.23. The maximum atomic E-state index is 12.7. The average Bonchev–Trinajstić information content (AvgIpc) is 3.17. The summed E-state index contributed by atoms with van der Waals surface area (Å²) in [5.74, 6) is 1.31. The molecule has 6 nitrogen and oxygen atoms in total. The van der Waals surface area contributed by atoms with Crippen molar-refractivity contribution >= 4 is 23.4 Å². The highest BCUT2D eigenvalue weighted by Crippen LogP contribution is 2.28. The summed E-state index contributed by atoms with van der Waals surface area (Å²) in [6.45, 7) is 4.30. The summed E-state index contributed by atoms with van der Waals surface area (Å²) in [4.78, 5) is 17.1. The minimum absolute atomic E-state index is 0.114. The Morgan fingerprint density at radius 1 is 1.25 bits per heavy atom. The summed E-state index contributed by atoms with van der Waals surface area (Å²) in [5, 5.41) is 3.33. The van der Waals surface area contributed by atoms with Crippen LogP contribution in [0, 0.1) is 0 Å². The smallest absolute Gasteiger partial charge is 0.237 e. The van der Waals surface area contributed by atoms with Crippen LogP contribution < -0.4 is 14.8 Å². The van der Waals surface area contributed by atoms with Gasteiger partial charge in [0.1, 0.15) is 11.5 Å². The molecule has 0 aliphatic carbocycles. The quantitative estimate of drug-likeness (QED) is 0.571. The fraction of sp³-hybridized carbons (Fsp3) is 0.238. The molecule has 28 heavy (non-hydrogen) atoms. The predicted octanol–water partition coefficient (Wildman–Crippen LogP) is 4.40. The fourth-order valence-electron chi connectivity index (χ4n) is 2.63. The second-order valence-corrected chi connectivity index (χ2v) is 7.27. The van der Waals surface area contributed by atoms with E-state index in [0.29, 0.717) is 18.0 Å². The monoisotopic (exact) mass is 397 g/mol. The van der Waals surface area contributed by atoms with Gasteiger partial charge in [0.05, 0.1) is 30.3 Å². The third-order valence-electron chi connectivity index (χ3n) is 4.03. The summed E-state index contributed by atoms with van der Waals surface area (Å²) in [6.07, 6.45) is 3.59. The van der Waals surface area contributed by atoms with Gasteiger partial charge in [-0.25, -0.2) is 4.98 Å². The predicted molar refractivity (Wildman–Crippen MR) is 112 cm³/mol. The molecule has 2 aromatic carbocycles. The van der Waals surface area contributed by atoms with Crippen LogP contribution in [0.3, 0.4) is 0 Å². The van der Waals surface area contributed by atoms with Crippen molar-refractivity contribution < 1.29 is 14.3 Å². The third-order valence-corrected chi connectivity index (χ3v) is 5.12. The highest BCUT2D eigenvalue weighted by molar-refractivity contribution is 8.00. The first-order valence-corrected chi connectivity index (χ1v) is 9.87. The number of carbonyl (C=O) groups is 1. The molecule has 3 rings (SSSR count). The van der Waals surface area contributed by atoms with E-state index in [0.717, 1.165) is 16.6 Å². The van der Waals surface area contributed by atoms with E-state index in [-0.39, 0.29) is 11.2 Å². The first-order chi connectivity index (χ1) is 13.6. The Hall–Kier alpha value is -2.93. The number of hydrogen-bond donors (Lipinski definition) is 1. The number of thioether (sulfide) groups is 1. The van der Waals surface area contributed by atoms with Crippen molar-refractivity contribution in [3.63, 3.8) is 0 Å². The Kier molecular flexibility index (Phi) is 6.60. The van der Waals surface area contributed by atoms with E-state index in [1.165, 1.54) is 11.8 Å². The zero-order valence-electron chi connectivity index (χ0n) is 16.1. The van der Waals surface area contributed by atoms with Gasteiger partial charge in [-0.05, 0) is 38.1 Å². The molecule has 146 valence electrons. The molecular formula is C21H23N3O3S. The minimum Gasteiger partial charge on any atom is -0.497 e. The van der Waals surface area contributed by atoms with Crippen molar-refractivity contribution in [1.29, 1.82) is 0 Å². The molecule has 1 heterocycles. The SMILES string of the molecule is CCOc1ccccc1NC(=O)C(C)Sc1nccn1-c1cccc(OC)c1. The Morgan fingerprint density at radius 2 is 2.07 bits per heavy atom. The Bertz CT molecular complexity index is 942. The lowest BCUT2D eigenvalue weighted by Gasteiger charge is -2.15.